The predicted octanol–water partition coefficient (Wildman–Crippen LogP) is 1.90. The van der Waals surface area contributed by atoms with Gasteiger partial charge in [0.2, 0.25) is 5.91 Å². The number of hydrogen-bond acceptors (Lipinski definition) is 3. The fourth-order valence-electron chi connectivity index (χ4n) is 2.71. The highest BCUT2D eigenvalue weighted by molar-refractivity contribution is 5.77. The summed E-state index contributed by atoms with van der Waals surface area (Å²) in [5.41, 5.74) is 5.58. The third kappa shape index (κ3) is 6.89. The molecule has 4 N–H and O–H groups in total. The van der Waals surface area contributed by atoms with Gasteiger partial charge in [0.25, 0.3) is 0 Å². The first-order valence-electron chi connectivity index (χ1n) is 7.78. The minimum Gasteiger partial charge on any atom is -0.481 e. The van der Waals surface area contributed by atoms with E-state index in [-0.39, 0.29) is 18.4 Å². The van der Waals surface area contributed by atoms with Crippen molar-refractivity contribution < 1.29 is 14.7 Å². The Morgan fingerprint density at radius 3 is 2.50 bits per heavy atom. The number of nitrogens with one attached hydrogen (secondary N) is 1. The number of rotatable bonds is 11. The number of aliphatic carboxylic acids is 1. The third-order valence-electron chi connectivity index (χ3n) is 3.98. The zero-order chi connectivity index (χ0) is 15.0. The lowest BCUT2D eigenvalue weighted by Gasteiger charge is -2.18. The summed E-state index contributed by atoms with van der Waals surface area (Å²) in [5, 5.41) is 11.8. The van der Waals surface area contributed by atoms with Crippen molar-refractivity contribution in [1.82, 2.24) is 5.32 Å². The van der Waals surface area contributed by atoms with Crippen LogP contribution in [0.25, 0.3) is 0 Å². The molecular weight excluding hydrogens is 256 g/mol. The average molecular weight is 284 g/mol. The monoisotopic (exact) mass is 284 g/mol. The molecular formula is C15H28N2O3. The van der Waals surface area contributed by atoms with Gasteiger partial charge in [0, 0.05) is 12.5 Å². The lowest BCUT2D eigenvalue weighted by Crippen LogP contribution is -2.38. The molecule has 1 aliphatic carbocycles. The zero-order valence-electron chi connectivity index (χ0n) is 12.4. The molecule has 1 rings (SSSR count). The van der Waals surface area contributed by atoms with Crippen molar-refractivity contribution in [2.24, 2.45) is 17.6 Å². The molecule has 0 bridgehead atoms. The van der Waals surface area contributed by atoms with E-state index >= 15 is 0 Å². The molecule has 0 heterocycles. The summed E-state index contributed by atoms with van der Waals surface area (Å²) < 4.78 is 0. The highest BCUT2D eigenvalue weighted by Crippen LogP contribution is 2.34. The molecule has 0 saturated heterocycles. The summed E-state index contributed by atoms with van der Waals surface area (Å²) in [6.45, 7) is 2.80. The summed E-state index contributed by atoms with van der Waals surface area (Å²) in [4.78, 5) is 22.7. The van der Waals surface area contributed by atoms with E-state index in [4.69, 9.17) is 10.8 Å². The van der Waals surface area contributed by atoms with Gasteiger partial charge in [0.15, 0.2) is 0 Å². The molecule has 5 nitrogen and oxygen atoms in total. The van der Waals surface area contributed by atoms with Crippen molar-refractivity contribution in [3.63, 3.8) is 0 Å². The van der Waals surface area contributed by atoms with Crippen LogP contribution in [0.3, 0.4) is 0 Å². The van der Waals surface area contributed by atoms with Crippen molar-refractivity contribution in [3.05, 3.63) is 0 Å². The van der Waals surface area contributed by atoms with Crippen molar-refractivity contribution in [2.45, 2.75) is 64.3 Å². The summed E-state index contributed by atoms with van der Waals surface area (Å²) >= 11 is 0. The molecule has 0 aromatic heterocycles. The molecule has 1 aliphatic rings. The van der Waals surface area contributed by atoms with Crippen molar-refractivity contribution in [3.8, 4) is 0 Å². The molecule has 1 saturated carbocycles. The number of nitrogens with two attached hydrogens (primary N) is 1. The second-order valence-corrected chi connectivity index (χ2v) is 5.88. The van der Waals surface area contributed by atoms with Gasteiger partial charge in [-0.25, -0.2) is 0 Å². The summed E-state index contributed by atoms with van der Waals surface area (Å²) in [7, 11) is 0. The van der Waals surface area contributed by atoms with Crippen LogP contribution in [0.15, 0.2) is 0 Å². The van der Waals surface area contributed by atoms with E-state index in [1.165, 1.54) is 0 Å². The van der Waals surface area contributed by atoms with Crippen LogP contribution >= 0.6 is 0 Å². The first kappa shape index (κ1) is 17.0. The van der Waals surface area contributed by atoms with Crippen LogP contribution in [0.4, 0.5) is 0 Å². The molecule has 2 atom stereocenters. The van der Waals surface area contributed by atoms with Crippen LogP contribution < -0.4 is 11.1 Å². The fourth-order valence-corrected chi connectivity index (χ4v) is 2.71. The molecule has 1 amide bonds. The van der Waals surface area contributed by atoms with Crippen molar-refractivity contribution in [1.29, 1.82) is 0 Å². The van der Waals surface area contributed by atoms with Crippen molar-refractivity contribution in [2.75, 3.05) is 6.54 Å². The Kier molecular flexibility index (Phi) is 7.59. The zero-order valence-corrected chi connectivity index (χ0v) is 12.4. The topological polar surface area (TPSA) is 92.4 Å². The number of hydrogen-bond donors (Lipinski definition) is 3. The van der Waals surface area contributed by atoms with Gasteiger partial charge in [-0.15, -0.1) is 0 Å². The van der Waals surface area contributed by atoms with Gasteiger partial charge in [-0.2, -0.15) is 0 Å². The van der Waals surface area contributed by atoms with E-state index in [0.717, 1.165) is 38.5 Å². The molecule has 0 aromatic carbocycles. The van der Waals surface area contributed by atoms with Gasteiger partial charge in [0.05, 0.1) is 6.42 Å². The maximum atomic E-state index is 11.9. The lowest BCUT2D eigenvalue weighted by molar-refractivity contribution is -0.137. The number of amides is 1. The van der Waals surface area contributed by atoms with Crippen LogP contribution in [-0.4, -0.2) is 29.6 Å². The molecule has 0 aromatic rings. The highest BCUT2D eigenvalue weighted by atomic mass is 16.4. The van der Waals surface area contributed by atoms with Gasteiger partial charge < -0.3 is 16.2 Å². The molecule has 2 unspecified atom stereocenters. The Bertz CT molecular complexity index is 310. The lowest BCUT2D eigenvalue weighted by atomic mass is 9.94. The highest BCUT2D eigenvalue weighted by Gasteiger charge is 2.33. The summed E-state index contributed by atoms with van der Waals surface area (Å²) in [6, 6.07) is -0.181. The largest absolute Gasteiger partial charge is 0.481 e. The third-order valence-corrected chi connectivity index (χ3v) is 3.98. The van der Waals surface area contributed by atoms with Crippen LogP contribution in [-0.2, 0) is 9.59 Å². The molecule has 0 spiro atoms. The van der Waals surface area contributed by atoms with E-state index in [9.17, 15) is 9.59 Å². The first-order chi connectivity index (χ1) is 9.56. The van der Waals surface area contributed by atoms with E-state index in [1.54, 1.807) is 0 Å². The van der Waals surface area contributed by atoms with Crippen LogP contribution in [0.1, 0.15) is 58.3 Å². The first-order valence-corrected chi connectivity index (χ1v) is 7.78. The maximum absolute atomic E-state index is 11.9. The van der Waals surface area contributed by atoms with E-state index in [2.05, 4.69) is 12.2 Å². The second kappa shape index (κ2) is 8.95. The minimum absolute atomic E-state index is 0.0127. The fraction of sp³-hybridized carbons (Fsp3) is 0.867. The SMILES string of the molecule is CCCC(CCN)CCC(=O)NC(CC(=O)O)C1CC1. The number of carbonyl (C=O) groups excluding carboxylic acids is 1. The standard InChI is InChI=1S/C15H28N2O3/c1-2-3-11(8-9-16)4-7-14(18)17-13(10-15(19)20)12-5-6-12/h11-13H,2-10,16H2,1H3,(H,17,18)(H,19,20). The molecule has 1 fully saturated rings. The number of carboxylic acid groups (broad SMARTS) is 1. The summed E-state index contributed by atoms with van der Waals surface area (Å²) in [5.74, 6) is 0.0237. The quantitative estimate of drug-likeness (QED) is 0.540. The summed E-state index contributed by atoms with van der Waals surface area (Å²) in [6.07, 6.45) is 6.60. The average Bonchev–Trinajstić information content (AvgIpc) is 3.19. The second-order valence-electron chi connectivity index (χ2n) is 5.88. The van der Waals surface area contributed by atoms with Gasteiger partial charge in [0.1, 0.15) is 0 Å². The van der Waals surface area contributed by atoms with E-state index in [0.29, 0.717) is 24.8 Å². The Morgan fingerprint density at radius 1 is 1.30 bits per heavy atom. The van der Waals surface area contributed by atoms with Crippen LogP contribution in [0, 0.1) is 11.8 Å². The van der Waals surface area contributed by atoms with Gasteiger partial charge in [-0.1, -0.05) is 19.8 Å². The van der Waals surface area contributed by atoms with Crippen molar-refractivity contribution >= 4 is 11.9 Å². The molecule has 116 valence electrons. The minimum atomic E-state index is -0.839. The molecule has 5 heteroatoms. The Labute approximate surface area is 121 Å². The van der Waals surface area contributed by atoms with Gasteiger partial charge in [-0.3, -0.25) is 9.59 Å². The van der Waals surface area contributed by atoms with E-state index in [1.807, 2.05) is 0 Å². The smallest absolute Gasteiger partial charge is 0.305 e. The Balaban J connectivity index is 2.31. The normalized spacial score (nSPS) is 17.5. The maximum Gasteiger partial charge on any atom is 0.305 e. The van der Waals surface area contributed by atoms with E-state index < -0.39 is 5.97 Å². The molecule has 0 aliphatic heterocycles. The number of carboxylic acids is 1. The molecule has 20 heavy (non-hydrogen) atoms. The van der Waals surface area contributed by atoms with Gasteiger partial charge >= 0.3 is 5.97 Å². The predicted molar refractivity (Wildman–Crippen MR) is 78.2 cm³/mol. The molecule has 0 radical (unpaired) electrons. The van der Waals surface area contributed by atoms with Crippen LogP contribution in [0.5, 0.6) is 0 Å². The Hall–Kier alpha value is -1.10. The number of carbonyl (C=O) groups is 2. The Morgan fingerprint density at radius 2 is 2.00 bits per heavy atom. The van der Waals surface area contributed by atoms with Crippen LogP contribution in [0.2, 0.25) is 0 Å². The van der Waals surface area contributed by atoms with Gasteiger partial charge in [-0.05, 0) is 44.1 Å².